The second-order valence-corrected chi connectivity index (χ2v) is 7.18. The van der Waals surface area contributed by atoms with E-state index in [1.54, 1.807) is 36.2 Å². The number of benzene rings is 1. The second kappa shape index (κ2) is 10.3. The Labute approximate surface area is 161 Å². The maximum Gasteiger partial charge on any atom is 0.415 e. The molecule has 0 radical (unpaired) electrons. The summed E-state index contributed by atoms with van der Waals surface area (Å²) in [7, 11) is 3.84. The molecule has 5 heteroatoms. The van der Waals surface area contributed by atoms with Crippen LogP contribution in [-0.2, 0) is 0 Å². The molecule has 0 spiro atoms. The minimum atomic E-state index is -0.326. The van der Waals surface area contributed by atoms with Crippen LogP contribution in [0.15, 0.2) is 36.9 Å². The Morgan fingerprint density at radius 1 is 1.27 bits per heavy atom. The van der Waals surface area contributed by atoms with Gasteiger partial charge < -0.3 is 9.64 Å². The lowest BCUT2D eigenvalue weighted by Crippen LogP contribution is -2.40. The van der Waals surface area contributed by atoms with Crippen molar-refractivity contribution in [2.75, 3.05) is 27.2 Å². The SMILES string of the molecule is C=CCN(C)CC#CC1CCC(N(C)C(=O)Oc2ccc(Cl)cc2)CC1. The average Bonchev–Trinajstić information content (AvgIpc) is 2.64. The van der Waals surface area contributed by atoms with E-state index in [0.717, 1.165) is 38.8 Å². The predicted octanol–water partition coefficient (Wildman–Crippen LogP) is 4.45. The predicted molar refractivity (Wildman–Crippen MR) is 106 cm³/mol. The van der Waals surface area contributed by atoms with Crippen molar-refractivity contribution in [3.8, 4) is 17.6 Å². The van der Waals surface area contributed by atoms with Crippen molar-refractivity contribution in [1.82, 2.24) is 9.80 Å². The highest BCUT2D eigenvalue weighted by Crippen LogP contribution is 2.27. The molecule has 26 heavy (non-hydrogen) atoms. The van der Waals surface area contributed by atoms with E-state index in [1.165, 1.54) is 0 Å². The largest absolute Gasteiger partial charge is 0.415 e. The first kappa shape index (κ1) is 20.4. The Morgan fingerprint density at radius 2 is 1.92 bits per heavy atom. The number of hydrogen-bond donors (Lipinski definition) is 0. The normalized spacial score (nSPS) is 19.4. The molecule has 1 amide bonds. The number of nitrogens with zero attached hydrogens (tertiary/aromatic N) is 2. The summed E-state index contributed by atoms with van der Waals surface area (Å²) in [5, 5.41) is 0.619. The third-order valence-corrected chi connectivity index (χ3v) is 4.90. The first-order valence-electron chi connectivity index (χ1n) is 8.97. The number of rotatable bonds is 5. The molecule has 0 aromatic heterocycles. The van der Waals surface area contributed by atoms with E-state index in [1.807, 2.05) is 13.1 Å². The van der Waals surface area contributed by atoms with Crippen molar-refractivity contribution in [1.29, 1.82) is 0 Å². The number of carbonyl (C=O) groups is 1. The maximum atomic E-state index is 12.3. The summed E-state index contributed by atoms with van der Waals surface area (Å²) in [5.74, 6) is 7.56. The van der Waals surface area contributed by atoms with Gasteiger partial charge in [0.05, 0.1) is 6.54 Å². The van der Waals surface area contributed by atoms with Gasteiger partial charge in [-0.1, -0.05) is 29.5 Å². The van der Waals surface area contributed by atoms with E-state index in [9.17, 15) is 4.79 Å². The monoisotopic (exact) mass is 374 g/mol. The molecule has 0 heterocycles. The zero-order valence-electron chi connectivity index (χ0n) is 15.6. The van der Waals surface area contributed by atoms with Gasteiger partial charge in [-0.25, -0.2) is 4.79 Å². The Bertz CT molecular complexity index is 655. The van der Waals surface area contributed by atoms with Crippen LogP contribution in [-0.4, -0.2) is 49.1 Å². The van der Waals surface area contributed by atoms with Gasteiger partial charge >= 0.3 is 6.09 Å². The summed E-state index contributed by atoms with van der Waals surface area (Å²) >= 11 is 5.85. The van der Waals surface area contributed by atoms with Gasteiger partial charge in [-0.3, -0.25) is 4.90 Å². The summed E-state index contributed by atoms with van der Waals surface area (Å²) in [6.45, 7) is 5.34. The van der Waals surface area contributed by atoms with E-state index in [-0.39, 0.29) is 12.1 Å². The smallest absolute Gasteiger partial charge is 0.410 e. The molecule has 1 aromatic rings. The van der Waals surface area contributed by atoms with Gasteiger partial charge in [-0.05, 0) is 57.0 Å². The number of amides is 1. The molecule has 1 saturated carbocycles. The zero-order valence-corrected chi connectivity index (χ0v) is 16.3. The van der Waals surface area contributed by atoms with Crippen molar-refractivity contribution in [2.45, 2.75) is 31.7 Å². The highest BCUT2D eigenvalue weighted by atomic mass is 35.5. The van der Waals surface area contributed by atoms with Gasteiger partial charge in [0.2, 0.25) is 0 Å². The van der Waals surface area contributed by atoms with E-state index < -0.39 is 0 Å². The summed E-state index contributed by atoms with van der Waals surface area (Å²) in [5.41, 5.74) is 0. The molecule has 1 aliphatic carbocycles. The molecule has 0 aliphatic heterocycles. The lowest BCUT2D eigenvalue weighted by molar-refractivity contribution is 0.129. The van der Waals surface area contributed by atoms with Gasteiger partial charge in [0, 0.05) is 30.6 Å². The molecule has 0 unspecified atom stereocenters. The summed E-state index contributed by atoms with van der Waals surface area (Å²) in [4.78, 5) is 16.2. The van der Waals surface area contributed by atoms with Crippen molar-refractivity contribution >= 4 is 17.7 Å². The van der Waals surface area contributed by atoms with E-state index in [4.69, 9.17) is 16.3 Å². The molecular formula is C21H27ClN2O2. The van der Waals surface area contributed by atoms with Crippen LogP contribution in [0.5, 0.6) is 5.75 Å². The first-order valence-corrected chi connectivity index (χ1v) is 9.35. The Hall–Kier alpha value is -1.96. The summed E-state index contributed by atoms with van der Waals surface area (Å²) in [6.07, 6.45) is 5.49. The molecule has 0 bridgehead atoms. The molecular weight excluding hydrogens is 348 g/mol. The standard InChI is InChI=1S/C21H27ClN2O2/c1-4-15-23(2)16-5-6-17-7-11-19(12-8-17)24(3)21(25)26-20-13-9-18(22)10-14-20/h4,9-10,13-14,17,19H,1,7-8,11-12,15-16H2,2-3H3. The second-order valence-electron chi connectivity index (χ2n) is 6.74. The van der Waals surface area contributed by atoms with Crippen molar-refractivity contribution in [2.24, 2.45) is 5.92 Å². The topological polar surface area (TPSA) is 32.8 Å². The van der Waals surface area contributed by atoms with Crippen LogP contribution >= 0.6 is 11.6 Å². The molecule has 1 aliphatic rings. The quantitative estimate of drug-likeness (QED) is 0.563. The highest BCUT2D eigenvalue weighted by Gasteiger charge is 2.26. The van der Waals surface area contributed by atoms with E-state index >= 15 is 0 Å². The van der Waals surface area contributed by atoms with Crippen LogP contribution < -0.4 is 4.74 Å². The van der Waals surface area contributed by atoms with Crippen molar-refractivity contribution in [3.63, 3.8) is 0 Å². The minimum Gasteiger partial charge on any atom is -0.410 e. The fourth-order valence-electron chi connectivity index (χ4n) is 3.04. The third-order valence-electron chi connectivity index (χ3n) is 4.65. The summed E-state index contributed by atoms with van der Waals surface area (Å²) < 4.78 is 5.41. The fraction of sp³-hybridized carbons (Fsp3) is 0.476. The van der Waals surface area contributed by atoms with Gasteiger partial charge in [-0.15, -0.1) is 6.58 Å². The molecule has 2 rings (SSSR count). The number of hydrogen-bond acceptors (Lipinski definition) is 3. The van der Waals surface area contributed by atoms with Crippen LogP contribution in [0, 0.1) is 17.8 Å². The molecule has 1 fully saturated rings. The number of ether oxygens (including phenoxy) is 1. The molecule has 0 atom stereocenters. The number of carbonyl (C=O) groups excluding carboxylic acids is 1. The lowest BCUT2D eigenvalue weighted by atomic mass is 9.86. The van der Waals surface area contributed by atoms with Crippen LogP contribution in [0.2, 0.25) is 5.02 Å². The van der Waals surface area contributed by atoms with E-state index in [0.29, 0.717) is 16.7 Å². The number of halogens is 1. The Kier molecular flexibility index (Phi) is 8.03. The molecule has 0 saturated heterocycles. The molecule has 140 valence electrons. The van der Waals surface area contributed by atoms with Crippen molar-refractivity contribution in [3.05, 3.63) is 41.9 Å². The average molecular weight is 375 g/mol. The van der Waals surface area contributed by atoms with Crippen LogP contribution in [0.3, 0.4) is 0 Å². The maximum absolute atomic E-state index is 12.3. The number of likely N-dealkylation sites (N-methyl/N-ethyl adjacent to an activating group) is 1. The molecule has 4 nitrogen and oxygen atoms in total. The lowest BCUT2D eigenvalue weighted by Gasteiger charge is -2.32. The van der Waals surface area contributed by atoms with Crippen LogP contribution in [0.1, 0.15) is 25.7 Å². The van der Waals surface area contributed by atoms with Crippen LogP contribution in [0.4, 0.5) is 4.79 Å². The van der Waals surface area contributed by atoms with Gasteiger partial charge in [0.1, 0.15) is 5.75 Å². The van der Waals surface area contributed by atoms with Gasteiger partial charge in [0.25, 0.3) is 0 Å². The molecule has 0 N–H and O–H groups in total. The van der Waals surface area contributed by atoms with Gasteiger partial charge in [0.15, 0.2) is 0 Å². The summed E-state index contributed by atoms with van der Waals surface area (Å²) in [6, 6.07) is 7.02. The molecule has 1 aromatic carbocycles. The zero-order chi connectivity index (χ0) is 18.9. The Morgan fingerprint density at radius 3 is 2.54 bits per heavy atom. The minimum absolute atomic E-state index is 0.205. The Balaban J connectivity index is 1.77. The third kappa shape index (κ3) is 6.40. The van der Waals surface area contributed by atoms with Gasteiger partial charge in [-0.2, -0.15) is 0 Å². The van der Waals surface area contributed by atoms with E-state index in [2.05, 4.69) is 23.3 Å². The van der Waals surface area contributed by atoms with Crippen molar-refractivity contribution < 1.29 is 9.53 Å². The van der Waals surface area contributed by atoms with Crippen LogP contribution in [0.25, 0.3) is 0 Å². The highest BCUT2D eigenvalue weighted by molar-refractivity contribution is 6.30. The first-order chi connectivity index (χ1) is 12.5. The fourth-order valence-corrected chi connectivity index (χ4v) is 3.17.